The van der Waals surface area contributed by atoms with Crippen LogP contribution in [0.15, 0.2) is 36.5 Å². The molecule has 0 aliphatic rings. The van der Waals surface area contributed by atoms with Gasteiger partial charge in [-0.1, -0.05) is 12.1 Å². The first-order chi connectivity index (χ1) is 18.0. The number of nitrogens with zero attached hydrogens (tertiary/aromatic N) is 3. The zero-order valence-corrected chi connectivity index (χ0v) is 22.5. The maximum absolute atomic E-state index is 14.8. The highest BCUT2D eigenvalue weighted by atomic mass is 32.2. The second-order valence-corrected chi connectivity index (χ2v) is 9.78. The Morgan fingerprint density at radius 2 is 1.71 bits per heavy atom. The first kappa shape index (κ1) is 28.2. The number of rotatable bonds is 11. The Kier molecular flexibility index (Phi) is 8.78. The molecule has 0 atom stereocenters. The summed E-state index contributed by atoms with van der Waals surface area (Å²) in [4.78, 5) is 20.1. The quantitative estimate of drug-likeness (QED) is 0.340. The summed E-state index contributed by atoms with van der Waals surface area (Å²) in [7, 11) is 1.65. The third kappa shape index (κ3) is 6.32. The van der Waals surface area contributed by atoms with E-state index in [9.17, 15) is 17.6 Å². The molecule has 0 saturated carbocycles. The van der Waals surface area contributed by atoms with E-state index >= 15 is 0 Å². The number of carbonyl (C=O) groups is 1. The van der Waals surface area contributed by atoms with E-state index in [0.717, 1.165) is 23.9 Å². The Hall–Kier alpha value is -4.33. The first-order valence-electron chi connectivity index (χ1n) is 11.0. The Bertz CT molecular complexity index is 1410. The maximum Gasteiger partial charge on any atom is 0.326 e. The molecule has 38 heavy (non-hydrogen) atoms. The predicted molar refractivity (Wildman–Crippen MR) is 140 cm³/mol. The second kappa shape index (κ2) is 11.8. The summed E-state index contributed by atoms with van der Waals surface area (Å²) < 4.78 is 61.5. The summed E-state index contributed by atoms with van der Waals surface area (Å²) in [6.07, 6.45) is 1.91. The number of sulfonamides is 1. The van der Waals surface area contributed by atoms with Gasteiger partial charge in [-0.3, -0.25) is 9.10 Å². The molecule has 3 aromatic rings. The molecule has 0 bridgehead atoms. The summed E-state index contributed by atoms with van der Waals surface area (Å²) in [6.45, 7) is 1.08. The number of ether oxygens (including phenoxy) is 4. The molecule has 0 aliphatic carbocycles. The molecule has 0 spiro atoms. The number of anilines is 5. The summed E-state index contributed by atoms with van der Waals surface area (Å²) in [5, 5.41) is 5.77. The van der Waals surface area contributed by atoms with E-state index in [1.807, 2.05) is 0 Å². The van der Waals surface area contributed by atoms with Crippen LogP contribution >= 0.6 is 0 Å². The third-order valence-corrected chi connectivity index (χ3v) is 6.42. The average Bonchev–Trinajstić information content (AvgIpc) is 2.88. The molecule has 2 N–H and O–H groups in total. The first-order valence-corrected chi connectivity index (χ1v) is 12.9. The lowest BCUT2D eigenvalue weighted by molar-refractivity contribution is -0.138. The monoisotopic (exact) mass is 549 g/mol. The standard InChI is InChI=1S/C24H28FN5O7S/c1-14-8-7-9-17(21(14)30(38(6,32)33)13-20(31)36-4)28-23-16(25)12-26-24(29-23)27-15-10-18(34-2)22(37-5)19(11-15)35-3/h7-12H,13H2,1-6H3,(H2,26,27,28,29). The highest BCUT2D eigenvalue weighted by Gasteiger charge is 2.26. The van der Waals surface area contributed by atoms with Gasteiger partial charge in [-0.2, -0.15) is 4.98 Å². The molecule has 1 heterocycles. The van der Waals surface area contributed by atoms with Gasteiger partial charge < -0.3 is 29.6 Å². The van der Waals surface area contributed by atoms with Crippen LogP contribution in [0.1, 0.15) is 5.56 Å². The number of benzene rings is 2. The van der Waals surface area contributed by atoms with Crippen molar-refractivity contribution in [2.75, 3.05) is 56.2 Å². The molecule has 2 aromatic carbocycles. The fraction of sp³-hybridized carbons (Fsp3) is 0.292. The van der Waals surface area contributed by atoms with Gasteiger partial charge in [0.25, 0.3) is 0 Å². The smallest absolute Gasteiger partial charge is 0.326 e. The van der Waals surface area contributed by atoms with Crippen LogP contribution in [0, 0.1) is 12.7 Å². The molecular weight excluding hydrogens is 521 g/mol. The molecule has 0 fully saturated rings. The number of nitrogens with one attached hydrogen (secondary N) is 2. The minimum Gasteiger partial charge on any atom is -0.493 e. The number of esters is 1. The van der Waals surface area contributed by atoms with E-state index in [1.165, 1.54) is 27.4 Å². The van der Waals surface area contributed by atoms with Gasteiger partial charge in [-0.15, -0.1) is 0 Å². The molecule has 3 rings (SSSR count). The molecule has 14 heteroatoms. The van der Waals surface area contributed by atoms with Gasteiger partial charge in [0.1, 0.15) is 6.54 Å². The number of para-hydroxylation sites is 1. The number of aryl methyl sites for hydroxylation is 1. The molecule has 0 aliphatic heterocycles. The molecule has 0 amide bonds. The van der Waals surface area contributed by atoms with E-state index in [4.69, 9.17) is 14.2 Å². The van der Waals surface area contributed by atoms with Crippen LogP contribution in [-0.2, 0) is 19.6 Å². The van der Waals surface area contributed by atoms with Gasteiger partial charge >= 0.3 is 5.97 Å². The van der Waals surface area contributed by atoms with Gasteiger partial charge in [-0.05, 0) is 18.6 Å². The summed E-state index contributed by atoms with van der Waals surface area (Å²) in [6, 6.07) is 8.08. The van der Waals surface area contributed by atoms with Gasteiger partial charge in [0.15, 0.2) is 23.1 Å². The highest BCUT2D eigenvalue weighted by molar-refractivity contribution is 7.92. The minimum absolute atomic E-state index is 0.0203. The normalized spacial score (nSPS) is 10.9. The molecular formula is C24H28FN5O7S. The van der Waals surface area contributed by atoms with E-state index < -0.39 is 28.4 Å². The molecule has 204 valence electrons. The number of carbonyl (C=O) groups excluding carboxylic acids is 1. The zero-order valence-electron chi connectivity index (χ0n) is 21.7. The predicted octanol–water partition coefficient (Wildman–Crippen LogP) is 3.38. The fourth-order valence-corrected chi connectivity index (χ4v) is 4.47. The summed E-state index contributed by atoms with van der Waals surface area (Å²) in [5.41, 5.74) is 1.30. The maximum atomic E-state index is 14.8. The van der Waals surface area contributed by atoms with Crippen molar-refractivity contribution >= 4 is 44.8 Å². The lowest BCUT2D eigenvalue weighted by Gasteiger charge is -2.26. The van der Waals surface area contributed by atoms with Gasteiger partial charge in [0, 0.05) is 17.8 Å². The summed E-state index contributed by atoms with van der Waals surface area (Å²) in [5.74, 6) is -0.643. The van der Waals surface area contributed by atoms with E-state index in [2.05, 4.69) is 25.3 Å². The Morgan fingerprint density at radius 3 is 2.26 bits per heavy atom. The van der Waals surface area contributed by atoms with E-state index in [1.54, 1.807) is 31.2 Å². The van der Waals surface area contributed by atoms with Crippen LogP contribution in [-0.4, -0.2) is 65.6 Å². The molecule has 12 nitrogen and oxygen atoms in total. The van der Waals surface area contributed by atoms with Crippen molar-refractivity contribution in [1.82, 2.24) is 9.97 Å². The Balaban J connectivity index is 2.01. The second-order valence-electron chi connectivity index (χ2n) is 7.87. The molecule has 0 radical (unpaired) electrons. The van der Waals surface area contributed by atoms with Crippen molar-refractivity contribution in [2.24, 2.45) is 0 Å². The van der Waals surface area contributed by atoms with Crippen molar-refractivity contribution in [3.05, 3.63) is 47.9 Å². The van der Waals surface area contributed by atoms with Crippen molar-refractivity contribution in [1.29, 1.82) is 0 Å². The van der Waals surface area contributed by atoms with Crippen LogP contribution in [0.5, 0.6) is 17.2 Å². The van der Waals surface area contributed by atoms with Crippen molar-refractivity contribution in [3.63, 3.8) is 0 Å². The number of methoxy groups -OCH3 is 4. The van der Waals surface area contributed by atoms with Crippen LogP contribution < -0.4 is 29.1 Å². The number of hydrogen-bond acceptors (Lipinski definition) is 11. The molecule has 0 saturated heterocycles. The largest absolute Gasteiger partial charge is 0.493 e. The minimum atomic E-state index is -3.92. The van der Waals surface area contributed by atoms with Crippen LogP contribution in [0.4, 0.5) is 33.2 Å². The Labute approximate surface area is 219 Å². The van der Waals surface area contributed by atoms with Gasteiger partial charge in [0.05, 0.1) is 52.3 Å². The van der Waals surface area contributed by atoms with Crippen LogP contribution in [0.2, 0.25) is 0 Å². The van der Waals surface area contributed by atoms with Crippen LogP contribution in [0.3, 0.4) is 0 Å². The highest BCUT2D eigenvalue weighted by Crippen LogP contribution is 2.40. The Morgan fingerprint density at radius 1 is 1.05 bits per heavy atom. The SMILES string of the molecule is COC(=O)CN(c1c(C)cccc1Nc1nc(Nc2cc(OC)c(OC)c(OC)c2)ncc1F)S(C)(=O)=O. The number of hydrogen-bond donors (Lipinski definition) is 2. The van der Waals surface area contributed by atoms with Crippen molar-refractivity contribution in [3.8, 4) is 17.2 Å². The number of halogens is 1. The lowest BCUT2D eigenvalue weighted by atomic mass is 10.1. The average molecular weight is 550 g/mol. The van der Waals surface area contributed by atoms with Gasteiger partial charge in [-0.25, -0.2) is 17.8 Å². The molecule has 0 unspecified atom stereocenters. The van der Waals surface area contributed by atoms with Crippen molar-refractivity contribution < 1.29 is 36.6 Å². The van der Waals surface area contributed by atoms with Crippen molar-refractivity contribution in [2.45, 2.75) is 6.92 Å². The van der Waals surface area contributed by atoms with E-state index in [-0.39, 0.29) is 23.1 Å². The third-order valence-electron chi connectivity index (χ3n) is 5.31. The topological polar surface area (TPSA) is 141 Å². The molecule has 1 aromatic heterocycles. The van der Waals surface area contributed by atoms with Gasteiger partial charge in [0.2, 0.25) is 21.7 Å². The summed E-state index contributed by atoms with van der Waals surface area (Å²) >= 11 is 0. The number of aromatic nitrogens is 2. The zero-order chi connectivity index (χ0) is 28.0. The lowest BCUT2D eigenvalue weighted by Crippen LogP contribution is -2.36. The van der Waals surface area contributed by atoms with E-state index in [0.29, 0.717) is 28.5 Å². The fourth-order valence-electron chi connectivity index (χ4n) is 3.56. The van der Waals surface area contributed by atoms with Crippen LogP contribution in [0.25, 0.3) is 0 Å².